The Labute approximate surface area is 324 Å². The van der Waals surface area contributed by atoms with E-state index in [-0.39, 0.29) is 37.6 Å². The molecule has 4 aromatic rings. The predicted molar refractivity (Wildman–Crippen MR) is 213 cm³/mol. The van der Waals surface area contributed by atoms with Crippen LogP contribution in [0.15, 0.2) is 91.0 Å². The van der Waals surface area contributed by atoms with Crippen LogP contribution in [0.1, 0.15) is 58.2 Å². The smallest absolute Gasteiger partial charge is 0.329 e. The fourth-order valence-corrected chi connectivity index (χ4v) is 6.14. The van der Waals surface area contributed by atoms with E-state index in [1.165, 1.54) is 5.01 Å². The molecule has 0 saturated heterocycles. The van der Waals surface area contributed by atoms with Crippen LogP contribution in [0.5, 0.6) is 5.75 Å². The fraction of sp³-hybridized carbons (Fsp3) is 0.405. The first kappa shape index (κ1) is 42.1. The van der Waals surface area contributed by atoms with E-state index in [0.29, 0.717) is 24.0 Å². The van der Waals surface area contributed by atoms with Crippen molar-refractivity contribution < 1.29 is 28.6 Å². The molecule has 0 fully saturated rings. The molecule has 2 atom stereocenters. The molecule has 12 heteroatoms. The molecule has 0 aliphatic carbocycles. The van der Waals surface area contributed by atoms with Gasteiger partial charge in [-0.25, -0.2) is 9.80 Å². The molecule has 0 aromatic heterocycles. The quantitative estimate of drug-likeness (QED) is 0.0749. The summed E-state index contributed by atoms with van der Waals surface area (Å²) < 4.78 is 18.0. The van der Waals surface area contributed by atoms with Gasteiger partial charge >= 0.3 is 6.03 Å². The van der Waals surface area contributed by atoms with Gasteiger partial charge in [0.25, 0.3) is 0 Å². The number of ether oxygens (including phenoxy) is 3. The molecule has 0 aliphatic rings. The maximum atomic E-state index is 14.9. The lowest BCUT2D eigenvalue weighted by Crippen LogP contribution is -2.56. The van der Waals surface area contributed by atoms with Crippen LogP contribution in [-0.2, 0) is 38.6 Å². The first-order valence-electron chi connectivity index (χ1n) is 18.3. The standard InChI is InChI=1S/C42H54ClN5O6/c1-8-52-40(53-9-2)29(3)48(27-33-15-12-14-32-13-10-11-16-36(32)33)39(50)37(25-30-19-23-35(24-20-30)54-42(4,5)6)45-38(49)28-47(7)46-41(51)44-26-31-17-21-34(43)22-18-31/h10-24,29,37,40H,8-9,25-28H2,1-7H3,(H,45,49)(H2,44,46,51). The van der Waals surface area contributed by atoms with Gasteiger partial charge in [0, 0.05) is 44.8 Å². The highest BCUT2D eigenvalue weighted by atomic mass is 35.5. The van der Waals surface area contributed by atoms with E-state index < -0.39 is 30.3 Å². The van der Waals surface area contributed by atoms with Crippen LogP contribution in [0.4, 0.5) is 4.79 Å². The highest BCUT2D eigenvalue weighted by Gasteiger charge is 2.34. The molecule has 0 spiro atoms. The number of fused-ring (bicyclic) bond motifs is 1. The van der Waals surface area contributed by atoms with Crippen molar-refractivity contribution in [3.8, 4) is 5.75 Å². The zero-order valence-electron chi connectivity index (χ0n) is 32.4. The molecule has 0 bridgehead atoms. The summed E-state index contributed by atoms with van der Waals surface area (Å²) in [7, 11) is 1.58. The van der Waals surface area contributed by atoms with Gasteiger partial charge in [0.2, 0.25) is 11.8 Å². The van der Waals surface area contributed by atoms with Crippen molar-refractivity contribution in [3.05, 3.63) is 113 Å². The number of carbonyl (C=O) groups excluding carboxylic acids is 3. The Hall–Kier alpha value is -4.68. The first-order valence-corrected chi connectivity index (χ1v) is 18.7. The summed E-state index contributed by atoms with van der Waals surface area (Å²) in [5.41, 5.74) is 4.92. The Morgan fingerprint density at radius 3 is 2.11 bits per heavy atom. The summed E-state index contributed by atoms with van der Waals surface area (Å²) in [5, 5.41) is 9.78. The number of hydrogen-bond donors (Lipinski definition) is 3. The van der Waals surface area contributed by atoms with Crippen molar-refractivity contribution in [2.45, 2.75) is 85.0 Å². The number of hydrogen-bond acceptors (Lipinski definition) is 7. The van der Waals surface area contributed by atoms with Gasteiger partial charge in [-0.2, -0.15) is 0 Å². The van der Waals surface area contributed by atoms with Gasteiger partial charge in [-0.05, 0) is 93.3 Å². The monoisotopic (exact) mass is 759 g/mol. The summed E-state index contributed by atoms with van der Waals surface area (Å²) in [6, 6.07) is 26.7. The Bertz CT molecular complexity index is 1800. The molecule has 0 saturated carbocycles. The van der Waals surface area contributed by atoms with Crippen LogP contribution < -0.4 is 20.8 Å². The zero-order chi connectivity index (χ0) is 39.3. The van der Waals surface area contributed by atoms with Crippen molar-refractivity contribution >= 4 is 40.2 Å². The van der Waals surface area contributed by atoms with Crippen molar-refractivity contribution in [1.29, 1.82) is 0 Å². The van der Waals surface area contributed by atoms with Gasteiger partial charge in [-0.3, -0.25) is 15.0 Å². The fourth-order valence-electron chi connectivity index (χ4n) is 6.01. The van der Waals surface area contributed by atoms with Gasteiger partial charge < -0.3 is 29.7 Å². The highest BCUT2D eigenvalue weighted by Crippen LogP contribution is 2.24. The third-order valence-electron chi connectivity index (χ3n) is 8.51. The SMILES string of the molecule is CCOC(OCC)C(C)N(Cc1cccc2ccccc12)C(=O)C(Cc1ccc(OC(C)(C)C)cc1)NC(=O)CN(C)NC(=O)NCc1ccc(Cl)cc1. The van der Waals surface area contributed by atoms with Crippen LogP contribution in [0.25, 0.3) is 10.8 Å². The molecule has 54 heavy (non-hydrogen) atoms. The summed E-state index contributed by atoms with van der Waals surface area (Å²) >= 11 is 5.96. The van der Waals surface area contributed by atoms with Crippen molar-refractivity contribution in [1.82, 2.24) is 26.0 Å². The number of carbonyl (C=O) groups is 3. The van der Waals surface area contributed by atoms with E-state index in [1.54, 1.807) is 24.1 Å². The maximum absolute atomic E-state index is 14.9. The molecule has 4 amide bonds. The molecule has 290 valence electrons. The minimum absolute atomic E-state index is 0.200. The summed E-state index contributed by atoms with van der Waals surface area (Å²) in [4.78, 5) is 42.9. The molecule has 11 nitrogen and oxygen atoms in total. The molecule has 4 aromatic carbocycles. The topological polar surface area (TPSA) is 121 Å². The van der Waals surface area contributed by atoms with Crippen LogP contribution >= 0.6 is 11.6 Å². The molecular formula is C42H54ClN5O6. The second-order valence-corrected chi connectivity index (χ2v) is 14.5. The van der Waals surface area contributed by atoms with E-state index >= 15 is 0 Å². The van der Waals surface area contributed by atoms with E-state index in [0.717, 1.165) is 27.5 Å². The highest BCUT2D eigenvalue weighted by molar-refractivity contribution is 6.30. The Balaban J connectivity index is 1.59. The molecule has 2 unspecified atom stereocenters. The predicted octanol–water partition coefficient (Wildman–Crippen LogP) is 6.86. The number of rotatable bonds is 18. The molecule has 0 radical (unpaired) electrons. The minimum atomic E-state index is -0.972. The van der Waals surface area contributed by atoms with E-state index in [1.807, 2.05) is 120 Å². The normalized spacial score (nSPS) is 12.7. The lowest BCUT2D eigenvalue weighted by atomic mass is 10.0. The summed E-state index contributed by atoms with van der Waals surface area (Å²) in [5.74, 6) is -0.0623. The van der Waals surface area contributed by atoms with Crippen LogP contribution in [0, 0.1) is 0 Å². The van der Waals surface area contributed by atoms with E-state index in [2.05, 4.69) is 16.1 Å². The number of amides is 4. The maximum Gasteiger partial charge on any atom is 0.329 e. The zero-order valence-corrected chi connectivity index (χ0v) is 33.1. The Morgan fingerprint density at radius 1 is 0.833 bits per heavy atom. The Morgan fingerprint density at radius 2 is 1.46 bits per heavy atom. The molecule has 3 N–H and O–H groups in total. The molecule has 4 rings (SSSR count). The van der Waals surface area contributed by atoms with Crippen LogP contribution in [0.2, 0.25) is 5.02 Å². The number of urea groups is 1. The van der Waals surface area contributed by atoms with Crippen molar-refractivity contribution in [2.24, 2.45) is 0 Å². The second-order valence-electron chi connectivity index (χ2n) is 14.1. The Kier molecular flexibility index (Phi) is 15.7. The minimum Gasteiger partial charge on any atom is -0.488 e. The van der Waals surface area contributed by atoms with Crippen LogP contribution in [-0.4, -0.2) is 78.5 Å². The number of hydrazine groups is 1. The molecule has 0 aliphatic heterocycles. The third kappa shape index (κ3) is 13.0. The first-order chi connectivity index (χ1) is 25.8. The molecular weight excluding hydrogens is 706 g/mol. The van der Waals surface area contributed by atoms with Gasteiger partial charge in [-0.15, -0.1) is 0 Å². The average molecular weight is 760 g/mol. The summed E-state index contributed by atoms with van der Waals surface area (Å²) in [6.07, 6.45) is -0.503. The van der Waals surface area contributed by atoms with Gasteiger partial charge in [0.05, 0.1) is 12.6 Å². The number of benzene rings is 4. The third-order valence-corrected chi connectivity index (χ3v) is 8.76. The summed E-state index contributed by atoms with van der Waals surface area (Å²) in [6.45, 7) is 12.7. The number of likely N-dealkylation sites (N-methyl/N-ethyl adjacent to an activating group) is 1. The van der Waals surface area contributed by atoms with Gasteiger partial charge in [0.1, 0.15) is 17.4 Å². The number of nitrogens with zero attached hydrogens (tertiary/aromatic N) is 2. The number of halogens is 1. The lowest BCUT2D eigenvalue weighted by molar-refractivity contribution is -0.179. The number of nitrogens with one attached hydrogen (secondary N) is 3. The lowest BCUT2D eigenvalue weighted by Gasteiger charge is -2.37. The van der Waals surface area contributed by atoms with Gasteiger partial charge in [-0.1, -0.05) is 78.3 Å². The molecule has 0 heterocycles. The van der Waals surface area contributed by atoms with Gasteiger partial charge in [0.15, 0.2) is 6.29 Å². The van der Waals surface area contributed by atoms with Crippen molar-refractivity contribution in [2.75, 3.05) is 26.8 Å². The second kappa shape index (κ2) is 20.1. The van der Waals surface area contributed by atoms with Crippen LogP contribution in [0.3, 0.4) is 0 Å². The van der Waals surface area contributed by atoms with Crippen molar-refractivity contribution in [3.63, 3.8) is 0 Å². The van der Waals surface area contributed by atoms with E-state index in [9.17, 15) is 14.4 Å². The average Bonchev–Trinajstić information content (AvgIpc) is 3.13. The largest absolute Gasteiger partial charge is 0.488 e. The van der Waals surface area contributed by atoms with E-state index in [4.69, 9.17) is 25.8 Å².